The van der Waals surface area contributed by atoms with Gasteiger partial charge in [-0.3, -0.25) is 4.79 Å². The van der Waals surface area contributed by atoms with Crippen molar-refractivity contribution >= 4 is 29.0 Å². The second kappa shape index (κ2) is 6.68. The van der Waals surface area contributed by atoms with Crippen LogP contribution < -0.4 is 5.32 Å². The molecule has 2 rings (SSSR count). The lowest BCUT2D eigenvalue weighted by atomic mass is 9.98. The van der Waals surface area contributed by atoms with Gasteiger partial charge in [-0.05, 0) is 37.0 Å². The fourth-order valence-electron chi connectivity index (χ4n) is 2.12. The average molecular weight is 300 g/mol. The van der Waals surface area contributed by atoms with E-state index in [1.54, 1.807) is 17.4 Å². The Hall–Kier alpha value is -1.94. The molecule has 110 valence electrons. The second-order valence-electron chi connectivity index (χ2n) is 5.31. The van der Waals surface area contributed by atoms with Gasteiger partial charge in [0.2, 0.25) is 5.91 Å². The normalized spacial score (nSPS) is 11.3. The number of aryl methyl sites for hydroxylation is 2. The minimum absolute atomic E-state index is 0.128. The molecule has 0 saturated carbocycles. The van der Waals surface area contributed by atoms with Crippen molar-refractivity contribution in [2.75, 3.05) is 5.32 Å². The van der Waals surface area contributed by atoms with Crippen molar-refractivity contribution in [1.82, 2.24) is 4.98 Å². The highest BCUT2D eigenvalue weighted by atomic mass is 32.1. The summed E-state index contributed by atoms with van der Waals surface area (Å²) in [6.45, 7) is 8.20. The van der Waals surface area contributed by atoms with Crippen LogP contribution in [0.15, 0.2) is 29.7 Å². The molecule has 0 radical (unpaired) electrons. The van der Waals surface area contributed by atoms with Crippen molar-refractivity contribution in [3.63, 3.8) is 0 Å². The Morgan fingerprint density at radius 3 is 2.71 bits per heavy atom. The maximum atomic E-state index is 12.1. The van der Waals surface area contributed by atoms with Gasteiger partial charge in [-0.1, -0.05) is 32.0 Å². The van der Waals surface area contributed by atoms with Crippen LogP contribution in [-0.2, 0) is 4.79 Å². The molecule has 0 aliphatic heterocycles. The molecule has 0 bridgehead atoms. The molecule has 4 heteroatoms. The van der Waals surface area contributed by atoms with E-state index >= 15 is 0 Å². The minimum atomic E-state index is -0.128. The lowest BCUT2D eigenvalue weighted by Gasteiger charge is -2.15. The molecule has 0 fully saturated rings. The largest absolute Gasteiger partial charge is 0.322 e. The second-order valence-corrected chi connectivity index (χ2v) is 6.37. The summed E-state index contributed by atoms with van der Waals surface area (Å²) in [6, 6.07) is 6.09. The van der Waals surface area contributed by atoms with E-state index in [4.69, 9.17) is 0 Å². The van der Waals surface area contributed by atoms with Crippen molar-refractivity contribution in [3.05, 3.63) is 51.5 Å². The highest BCUT2D eigenvalue weighted by Gasteiger charge is 2.10. The van der Waals surface area contributed by atoms with Gasteiger partial charge in [0.15, 0.2) is 0 Å². The number of carbonyl (C=O) groups is 1. The Kier molecular flexibility index (Phi) is 4.91. The molecule has 2 aromatic rings. The first-order valence-corrected chi connectivity index (χ1v) is 7.86. The number of hydrogen-bond acceptors (Lipinski definition) is 3. The van der Waals surface area contributed by atoms with Gasteiger partial charge >= 0.3 is 0 Å². The fraction of sp³-hybridized carbons (Fsp3) is 0.294. The van der Waals surface area contributed by atoms with Crippen molar-refractivity contribution in [2.45, 2.75) is 33.6 Å². The van der Waals surface area contributed by atoms with Crippen LogP contribution in [0.3, 0.4) is 0 Å². The Labute approximate surface area is 129 Å². The van der Waals surface area contributed by atoms with Crippen molar-refractivity contribution in [1.29, 1.82) is 0 Å². The van der Waals surface area contributed by atoms with Gasteiger partial charge in [0.1, 0.15) is 0 Å². The molecular weight excluding hydrogens is 280 g/mol. The average Bonchev–Trinajstić information content (AvgIpc) is 2.84. The zero-order valence-corrected chi connectivity index (χ0v) is 13.6. The summed E-state index contributed by atoms with van der Waals surface area (Å²) in [6.07, 6.45) is 3.27. The van der Waals surface area contributed by atoms with E-state index in [0.29, 0.717) is 5.92 Å². The molecule has 1 amide bonds. The van der Waals surface area contributed by atoms with E-state index < -0.39 is 0 Å². The smallest absolute Gasteiger partial charge is 0.248 e. The molecule has 21 heavy (non-hydrogen) atoms. The Bertz CT molecular complexity index is 671. The number of carbonyl (C=O) groups excluding carboxylic acids is 1. The lowest BCUT2D eigenvalue weighted by molar-refractivity contribution is -0.111. The van der Waals surface area contributed by atoms with Crippen LogP contribution in [0.5, 0.6) is 0 Å². The monoisotopic (exact) mass is 300 g/mol. The first-order valence-electron chi connectivity index (χ1n) is 6.98. The predicted octanol–water partition coefficient (Wildman–Crippen LogP) is 4.54. The molecular formula is C17H20N2OS. The first-order chi connectivity index (χ1) is 9.97. The summed E-state index contributed by atoms with van der Waals surface area (Å²) in [5, 5.41) is 5.92. The SMILES string of the molecule is Cc1nc(/C=C/C(=O)Nc2c(C)cccc2C(C)C)cs1. The molecule has 1 aromatic carbocycles. The third-order valence-electron chi connectivity index (χ3n) is 3.22. The highest BCUT2D eigenvalue weighted by Crippen LogP contribution is 2.27. The van der Waals surface area contributed by atoms with Crippen LogP contribution in [0, 0.1) is 13.8 Å². The molecule has 0 aliphatic carbocycles. The van der Waals surface area contributed by atoms with Crippen LogP contribution in [0.1, 0.15) is 41.6 Å². The number of amides is 1. The molecule has 0 spiro atoms. The van der Waals surface area contributed by atoms with Crippen LogP contribution in [0.25, 0.3) is 6.08 Å². The number of para-hydroxylation sites is 1. The maximum Gasteiger partial charge on any atom is 0.248 e. The van der Waals surface area contributed by atoms with E-state index in [1.807, 2.05) is 31.4 Å². The van der Waals surface area contributed by atoms with Crippen LogP contribution >= 0.6 is 11.3 Å². The number of nitrogens with one attached hydrogen (secondary N) is 1. The zero-order valence-electron chi connectivity index (χ0n) is 12.8. The maximum absolute atomic E-state index is 12.1. The minimum Gasteiger partial charge on any atom is -0.322 e. The summed E-state index contributed by atoms with van der Waals surface area (Å²) in [5.74, 6) is 0.238. The summed E-state index contributed by atoms with van der Waals surface area (Å²) in [4.78, 5) is 16.4. The number of aromatic nitrogens is 1. The quantitative estimate of drug-likeness (QED) is 0.843. The molecule has 1 aromatic heterocycles. The zero-order chi connectivity index (χ0) is 15.4. The summed E-state index contributed by atoms with van der Waals surface area (Å²) < 4.78 is 0. The topological polar surface area (TPSA) is 42.0 Å². The molecule has 0 aliphatic rings. The van der Waals surface area contributed by atoms with Gasteiger partial charge in [0.05, 0.1) is 10.7 Å². The van der Waals surface area contributed by atoms with E-state index in [0.717, 1.165) is 27.5 Å². The number of benzene rings is 1. The van der Waals surface area contributed by atoms with Crippen molar-refractivity contribution < 1.29 is 4.79 Å². The molecule has 1 heterocycles. The Balaban J connectivity index is 2.15. The van der Waals surface area contributed by atoms with Crippen LogP contribution in [-0.4, -0.2) is 10.9 Å². The number of thiazole rings is 1. The van der Waals surface area contributed by atoms with Crippen molar-refractivity contribution in [2.24, 2.45) is 0 Å². The summed E-state index contributed by atoms with van der Waals surface area (Å²) >= 11 is 1.57. The Morgan fingerprint density at radius 2 is 2.10 bits per heavy atom. The fourth-order valence-corrected chi connectivity index (χ4v) is 2.71. The lowest BCUT2D eigenvalue weighted by Crippen LogP contribution is -2.11. The van der Waals surface area contributed by atoms with E-state index in [-0.39, 0.29) is 5.91 Å². The highest BCUT2D eigenvalue weighted by molar-refractivity contribution is 7.09. The molecule has 0 unspecified atom stereocenters. The van der Waals surface area contributed by atoms with E-state index in [2.05, 4.69) is 30.2 Å². The summed E-state index contributed by atoms with van der Waals surface area (Å²) in [7, 11) is 0. The van der Waals surface area contributed by atoms with Crippen LogP contribution in [0.4, 0.5) is 5.69 Å². The van der Waals surface area contributed by atoms with Crippen molar-refractivity contribution in [3.8, 4) is 0 Å². The van der Waals surface area contributed by atoms with Gasteiger partial charge in [-0.25, -0.2) is 4.98 Å². The number of anilines is 1. The first kappa shape index (κ1) is 15.4. The van der Waals surface area contributed by atoms with Crippen LogP contribution in [0.2, 0.25) is 0 Å². The molecule has 0 saturated heterocycles. The third-order valence-corrected chi connectivity index (χ3v) is 4.01. The van der Waals surface area contributed by atoms with Gasteiger partial charge in [0.25, 0.3) is 0 Å². The number of rotatable bonds is 4. The number of hydrogen-bond donors (Lipinski definition) is 1. The van der Waals surface area contributed by atoms with Gasteiger partial charge in [-0.2, -0.15) is 0 Å². The third kappa shape index (κ3) is 4.02. The van der Waals surface area contributed by atoms with Gasteiger partial charge in [0, 0.05) is 17.1 Å². The number of nitrogens with zero attached hydrogens (tertiary/aromatic N) is 1. The van der Waals surface area contributed by atoms with E-state index in [9.17, 15) is 4.79 Å². The predicted molar refractivity (Wildman–Crippen MR) is 89.8 cm³/mol. The standard InChI is InChI=1S/C17H20N2OS/c1-11(2)15-7-5-6-12(3)17(15)19-16(20)9-8-14-10-21-13(4)18-14/h5-11H,1-4H3,(H,19,20)/b9-8+. The Morgan fingerprint density at radius 1 is 1.33 bits per heavy atom. The molecule has 3 nitrogen and oxygen atoms in total. The molecule has 0 atom stereocenters. The van der Waals surface area contributed by atoms with Gasteiger partial charge in [-0.15, -0.1) is 11.3 Å². The summed E-state index contributed by atoms with van der Waals surface area (Å²) in [5.41, 5.74) is 3.96. The van der Waals surface area contributed by atoms with E-state index in [1.165, 1.54) is 6.08 Å². The van der Waals surface area contributed by atoms with Gasteiger partial charge < -0.3 is 5.32 Å². The molecule has 1 N–H and O–H groups in total.